The third-order valence-electron chi connectivity index (χ3n) is 4.15. The van der Waals surface area contributed by atoms with Gasteiger partial charge in [0.15, 0.2) is 0 Å². The molecule has 1 fully saturated rings. The van der Waals surface area contributed by atoms with E-state index in [-0.39, 0.29) is 18.1 Å². The fourth-order valence-electron chi connectivity index (χ4n) is 2.63. The van der Waals surface area contributed by atoms with E-state index in [0.29, 0.717) is 28.2 Å². The smallest absolute Gasteiger partial charge is 0.253 e. The van der Waals surface area contributed by atoms with E-state index < -0.39 is 11.8 Å². The number of rotatable bonds is 5. The lowest BCUT2D eigenvalue weighted by Gasteiger charge is -2.21. The number of anilines is 2. The number of nitrogens with one attached hydrogen (secondary N) is 1. The van der Waals surface area contributed by atoms with Crippen LogP contribution in [0, 0.1) is 17.2 Å². The average molecular weight is 381 g/mol. The van der Waals surface area contributed by atoms with Crippen LogP contribution in [0.4, 0.5) is 20.2 Å². The first-order valence-corrected chi connectivity index (χ1v) is 8.36. The maximum Gasteiger partial charge on any atom is 0.253 e. The van der Waals surface area contributed by atoms with Crippen molar-refractivity contribution in [1.29, 1.82) is 5.26 Å². The molecule has 1 aromatic carbocycles. The summed E-state index contributed by atoms with van der Waals surface area (Å²) < 4.78 is 27.8. The Balaban J connectivity index is 1.93. The standard InChI is InChI=1S/C17H15ClF2N4S/c1-22-13-6-10(16-11(8-21)3-5-15(18)23-16)2-4-14(13)24(25)9-12-7-17(12,19)20/h2-6,12,22,25H,7,9H2,1H3. The average Bonchev–Trinajstić information content (AvgIpc) is 3.20. The lowest BCUT2D eigenvalue weighted by Crippen LogP contribution is -2.18. The van der Waals surface area contributed by atoms with Crippen LogP contribution in [0.3, 0.4) is 0 Å². The van der Waals surface area contributed by atoms with Crippen molar-refractivity contribution in [2.75, 3.05) is 23.2 Å². The molecule has 1 aromatic heterocycles. The number of aromatic nitrogens is 1. The van der Waals surface area contributed by atoms with Crippen molar-refractivity contribution >= 4 is 35.8 Å². The highest BCUT2D eigenvalue weighted by Crippen LogP contribution is 2.49. The molecule has 0 radical (unpaired) electrons. The number of hydrogen-bond donors (Lipinski definition) is 2. The highest BCUT2D eigenvalue weighted by atomic mass is 35.5. The number of pyridine rings is 1. The second-order valence-electron chi connectivity index (χ2n) is 5.87. The molecule has 2 aromatic rings. The van der Waals surface area contributed by atoms with Crippen molar-refractivity contribution in [3.63, 3.8) is 0 Å². The Kier molecular flexibility index (Phi) is 4.76. The molecule has 1 aliphatic rings. The summed E-state index contributed by atoms with van der Waals surface area (Å²) in [6, 6.07) is 10.6. The molecule has 0 amide bonds. The zero-order chi connectivity index (χ0) is 18.2. The summed E-state index contributed by atoms with van der Waals surface area (Å²) in [6.07, 6.45) is -0.102. The molecule has 0 spiro atoms. The van der Waals surface area contributed by atoms with Gasteiger partial charge in [0.2, 0.25) is 0 Å². The molecular weight excluding hydrogens is 366 g/mol. The van der Waals surface area contributed by atoms with Crippen molar-refractivity contribution in [3.05, 3.63) is 41.0 Å². The highest BCUT2D eigenvalue weighted by molar-refractivity contribution is 7.81. The molecule has 8 heteroatoms. The quantitative estimate of drug-likeness (QED) is 0.587. The zero-order valence-electron chi connectivity index (χ0n) is 13.3. The van der Waals surface area contributed by atoms with Gasteiger partial charge in [-0.1, -0.05) is 30.5 Å². The predicted octanol–water partition coefficient (Wildman–Crippen LogP) is 4.62. The van der Waals surface area contributed by atoms with Crippen molar-refractivity contribution < 1.29 is 8.78 Å². The molecule has 1 N–H and O–H groups in total. The maximum absolute atomic E-state index is 13.1. The molecule has 0 saturated heterocycles. The second kappa shape index (κ2) is 6.70. The number of hydrogen-bond acceptors (Lipinski definition) is 5. The third kappa shape index (κ3) is 3.65. The summed E-state index contributed by atoms with van der Waals surface area (Å²) in [6.45, 7) is 0.156. The zero-order valence-corrected chi connectivity index (χ0v) is 15.0. The predicted molar refractivity (Wildman–Crippen MR) is 98.3 cm³/mol. The summed E-state index contributed by atoms with van der Waals surface area (Å²) >= 11 is 10.3. The molecule has 3 rings (SSSR count). The second-order valence-corrected chi connectivity index (χ2v) is 6.74. The van der Waals surface area contributed by atoms with Crippen molar-refractivity contribution in [1.82, 2.24) is 4.98 Å². The third-order valence-corrected chi connectivity index (χ3v) is 4.74. The first-order chi connectivity index (χ1) is 11.9. The van der Waals surface area contributed by atoms with E-state index >= 15 is 0 Å². The fraction of sp³-hybridized carbons (Fsp3) is 0.294. The number of thiol groups is 1. The van der Waals surface area contributed by atoms with E-state index in [9.17, 15) is 14.0 Å². The van der Waals surface area contributed by atoms with Crippen LogP contribution in [-0.4, -0.2) is 24.5 Å². The van der Waals surface area contributed by atoms with Gasteiger partial charge in [0, 0.05) is 31.5 Å². The molecule has 0 aliphatic heterocycles. The van der Waals surface area contributed by atoms with Crippen LogP contribution in [0.2, 0.25) is 5.15 Å². The molecule has 130 valence electrons. The Morgan fingerprint density at radius 1 is 1.44 bits per heavy atom. The summed E-state index contributed by atoms with van der Waals surface area (Å²) in [5, 5.41) is 12.6. The van der Waals surface area contributed by atoms with Crippen LogP contribution in [0.1, 0.15) is 12.0 Å². The molecule has 25 heavy (non-hydrogen) atoms. The molecule has 1 heterocycles. The van der Waals surface area contributed by atoms with Crippen molar-refractivity contribution in [2.24, 2.45) is 5.92 Å². The highest BCUT2D eigenvalue weighted by Gasteiger charge is 2.57. The summed E-state index contributed by atoms with van der Waals surface area (Å²) in [4.78, 5) is 4.22. The Labute approximate surface area is 155 Å². The van der Waals surface area contributed by atoms with Crippen molar-refractivity contribution in [2.45, 2.75) is 12.3 Å². The van der Waals surface area contributed by atoms with Gasteiger partial charge in [-0.2, -0.15) is 5.26 Å². The van der Waals surface area contributed by atoms with Gasteiger partial charge in [-0.25, -0.2) is 13.8 Å². The van der Waals surface area contributed by atoms with Crippen LogP contribution < -0.4 is 9.62 Å². The minimum absolute atomic E-state index is 0.102. The van der Waals surface area contributed by atoms with E-state index in [4.69, 9.17) is 11.6 Å². The summed E-state index contributed by atoms with van der Waals surface area (Å²) in [7, 11) is 1.73. The monoisotopic (exact) mass is 380 g/mol. The van der Waals surface area contributed by atoms with Crippen molar-refractivity contribution in [3.8, 4) is 17.3 Å². The number of halogens is 3. The van der Waals surface area contributed by atoms with Gasteiger partial charge in [0.05, 0.1) is 22.6 Å². The van der Waals surface area contributed by atoms with Gasteiger partial charge in [-0.15, -0.1) is 0 Å². The first kappa shape index (κ1) is 17.8. The molecular formula is C17H15ClF2N4S. The number of nitriles is 1. The van der Waals surface area contributed by atoms with E-state index in [1.165, 1.54) is 4.31 Å². The van der Waals surface area contributed by atoms with E-state index in [1.54, 1.807) is 37.4 Å². The minimum atomic E-state index is -2.59. The Hall–Kier alpha value is -2.04. The SMILES string of the molecule is CNc1cc(-c2nc(Cl)ccc2C#N)ccc1N(S)CC1CC1(F)F. The Bertz CT molecular complexity index is 853. The van der Waals surface area contributed by atoms with Crippen LogP contribution >= 0.6 is 24.4 Å². The van der Waals surface area contributed by atoms with E-state index in [1.807, 2.05) is 0 Å². The van der Waals surface area contributed by atoms with E-state index in [0.717, 1.165) is 0 Å². The normalized spacial score (nSPS) is 17.7. The van der Waals surface area contributed by atoms with Gasteiger partial charge in [-0.05, 0) is 24.3 Å². The maximum atomic E-state index is 13.1. The number of nitrogens with zero attached hydrogens (tertiary/aromatic N) is 3. The summed E-state index contributed by atoms with van der Waals surface area (Å²) in [5.74, 6) is -3.26. The molecule has 1 atom stereocenters. The topological polar surface area (TPSA) is 52.0 Å². The molecule has 4 nitrogen and oxygen atoms in total. The first-order valence-electron chi connectivity index (χ1n) is 7.59. The largest absolute Gasteiger partial charge is 0.386 e. The number of benzene rings is 1. The molecule has 1 unspecified atom stereocenters. The minimum Gasteiger partial charge on any atom is -0.386 e. The van der Waals surface area contributed by atoms with Crippen LogP contribution in [0.15, 0.2) is 30.3 Å². The Morgan fingerprint density at radius 3 is 2.76 bits per heavy atom. The summed E-state index contributed by atoms with van der Waals surface area (Å²) in [5.41, 5.74) is 2.95. The van der Waals surface area contributed by atoms with Gasteiger partial charge < -0.3 is 9.62 Å². The Morgan fingerprint density at radius 2 is 2.16 bits per heavy atom. The van der Waals surface area contributed by atoms with Crippen LogP contribution in [0.25, 0.3) is 11.3 Å². The number of alkyl halides is 2. The lowest BCUT2D eigenvalue weighted by atomic mass is 10.0. The molecule has 1 saturated carbocycles. The molecule has 1 aliphatic carbocycles. The van der Waals surface area contributed by atoms with Gasteiger partial charge in [-0.3, -0.25) is 0 Å². The van der Waals surface area contributed by atoms with Crippen LogP contribution in [-0.2, 0) is 0 Å². The molecule has 0 bridgehead atoms. The van der Waals surface area contributed by atoms with Crippen LogP contribution in [0.5, 0.6) is 0 Å². The van der Waals surface area contributed by atoms with Gasteiger partial charge in [0.1, 0.15) is 11.2 Å². The van der Waals surface area contributed by atoms with Gasteiger partial charge >= 0.3 is 0 Å². The fourth-order valence-corrected chi connectivity index (χ4v) is 3.15. The lowest BCUT2D eigenvalue weighted by molar-refractivity contribution is 0.101. The van der Waals surface area contributed by atoms with Gasteiger partial charge in [0.25, 0.3) is 5.92 Å². The van der Waals surface area contributed by atoms with E-state index in [2.05, 4.69) is 29.2 Å².